The molecule has 8 N–H and O–H groups in total. The number of nitrogens with one attached hydrogen (secondary N) is 1. The van der Waals surface area contributed by atoms with E-state index in [1.54, 1.807) is 0 Å². The molecule has 0 aliphatic carbocycles. The highest BCUT2D eigenvalue weighted by molar-refractivity contribution is 5.76. The van der Waals surface area contributed by atoms with E-state index < -0.39 is 92.6 Å². The first-order valence-electron chi connectivity index (χ1n) is 12.3. The maximum atomic E-state index is 12.2. The van der Waals surface area contributed by atoms with Crippen molar-refractivity contribution in [1.29, 1.82) is 0 Å². The van der Waals surface area contributed by atoms with Gasteiger partial charge in [0, 0.05) is 13.5 Å². The first kappa shape index (κ1) is 30.5. The summed E-state index contributed by atoms with van der Waals surface area (Å²) >= 11 is 0. The Balaban J connectivity index is 1.69. The summed E-state index contributed by atoms with van der Waals surface area (Å²) in [6, 6.07) is -1.06. The molecule has 0 aromatic heterocycles. The predicted molar refractivity (Wildman–Crippen MR) is 119 cm³/mol. The second-order valence-electron chi connectivity index (χ2n) is 9.44. The molecule has 14 atom stereocenters. The van der Waals surface area contributed by atoms with Crippen LogP contribution < -0.4 is 5.32 Å². The molecule has 3 fully saturated rings. The fraction of sp³-hybridized carbons (Fsp3) is 0.955. The quantitative estimate of drug-likeness (QED) is 0.138. The SMILES string of the molecule is CCCC(=O)N[C@H]1C(CO)O[C@@H](OC)C(O[C@@H]2OC(C)[C@H](O[C@@H]3OC[C@@H](O)C(O)C3O)C(O)C2O)C1O. The Morgan fingerprint density at radius 2 is 1.54 bits per heavy atom. The number of amides is 1. The average molecular weight is 542 g/mol. The van der Waals surface area contributed by atoms with Gasteiger partial charge in [-0.3, -0.25) is 4.79 Å². The summed E-state index contributed by atoms with van der Waals surface area (Å²) in [6.45, 7) is 2.45. The van der Waals surface area contributed by atoms with Gasteiger partial charge < -0.3 is 69.5 Å². The van der Waals surface area contributed by atoms with Crippen LogP contribution in [0.2, 0.25) is 0 Å². The van der Waals surface area contributed by atoms with Crippen LogP contribution in [0.5, 0.6) is 0 Å². The Morgan fingerprint density at radius 3 is 2.16 bits per heavy atom. The number of aliphatic hydroxyl groups is 7. The summed E-state index contributed by atoms with van der Waals surface area (Å²) in [4.78, 5) is 12.2. The standard InChI is InChI=1S/C22H39NO14/c1-4-5-11(26)23-12-10(6-24)35-22(32-3)19(14(12)28)37-21-17(31)15(29)18(8(2)34-21)36-20-16(30)13(27)9(25)7-33-20/h8-10,12-22,24-25,27-31H,4-7H2,1-3H3,(H,23,26)/t8?,9-,10?,12+,13?,14?,15?,16?,17?,18+,19?,20+,21+,22-/m1/s1. The molecule has 37 heavy (non-hydrogen) atoms. The largest absolute Gasteiger partial charge is 0.394 e. The number of hydrogen-bond donors (Lipinski definition) is 8. The summed E-state index contributed by atoms with van der Waals surface area (Å²) in [7, 11) is 1.28. The minimum atomic E-state index is -1.72. The van der Waals surface area contributed by atoms with E-state index >= 15 is 0 Å². The molecule has 0 bridgehead atoms. The molecule has 0 aromatic rings. The number of methoxy groups -OCH3 is 1. The Kier molecular flexibility index (Phi) is 11.0. The monoisotopic (exact) mass is 541 g/mol. The van der Waals surface area contributed by atoms with E-state index in [0.29, 0.717) is 6.42 Å². The zero-order valence-electron chi connectivity index (χ0n) is 20.9. The van der Waals surface area contributed by atoms with Crippen LogP contribution in [0.1, 0.15) is 26.7 Å². The molecule has 3 heterocycles. The molecule has 15 heteroatoms. The smallest absolute Gasteiger partial charge is 0.220 e. The van der Waals surface area contributed by atoms with E-state index in [4.69, 9.17) is 28.4 Å². The first-order chi connectivity index (χ1) is 17.5. The van der Waals surface area contributed by atoms with Crippen molar-refractivity contribution in [3.8, 4) is 0 Å². The first-order valence-corrected chi connectivity index (χ1v) is 12.3. The fourth-order valence-electron chi connectivity index (χ4n) is 4.59. The Labute approximate surface area is 213 Å². The maximum Gasteiger partial charge on any atom is 0.220 e. The van der Waals surface area contributed by atoms with Gasteiger partial charge in [0.1, 0.15) is 54.9 Å². The van der Waals surface area contributed by atoms with Gasteiger partial charge in [-0.1, -0.05) is 6.92 Å². The second-order valence-corrected chi connectivity index (χ2v) is 9.44. The lowest BCUT2D eigenvalue weighted by atomic mass is 9.95. The minimum Gasteiger partial charge on any atom is -0.394 e. The van der Waals surface area contributed by atoms with Gasteiger partial charge >= 0.3 is 0 Å². The topological polar surface area (TPSA) is 226 Å². The van der Waals surface area contributed by atoms with Crippen LogP contribution in [0.25, 0.3) is 0 Å². The lowest BCUT2D eigenvalue weighted by molar-refractivity contribution is -0.370. The maximum absolute atomic E-state index is 12.2. The fourth-order valence-corrected chi connectivity index (χ4v) is 4.59. The lowest BCUT2D eigenvalue weighted by Gasteiger charge is -2.48. The number of ether oxygens (including phenoxy) is 6. The molecule has 0 spiro atoms. The zero-order valence-corrected chi connectivity index (χ0v) is 20.9. The molecular weight excluding hydrogens is 502 g/mol. The van der Waals surface area contributed by atoms with Crippen LogP contribution >= 0.6 is 0 Å². The molecule has 0 radical (unpaired) electrons. The summed E-state index contributed by atoms with van der Waals surface area (Å²) in [5.74, 6) is -0.369. The van der Waals surface area contributed by atoms with Gasteiger partial charge in [-0.15, -0.1) is 0 Å². The Morgan fingerprint density at radius 1 is 0.892 bits per heavy atom. The van der Waals surface area contributed by atoms with Gasteiger partial charge in [-0.25, -0.2) is 0 Å². The van der Waals surface area contributed by atoms with Crippen molar-refractivity contribution in [2.24, 2.45) is 0 Å². The lowest BCUT2D eigenvalue weighted by Crippen LogP contribution is -2.67. The number of carbonyl (C=O) groups is 1. The predicted octanol–water partition coefficient (Wildman–Crippen LogP) is -4.33. The molecule has 8 unspecified atom stereocenters. The van der Waals surface area contributed by atoms with Crippen LogP contribution in [0.15, 0.2) is 0 Å². The third-order valence-corrected chi connectivity index (χ3v) is 6.71. The van der Waals surface area contributed by atoms with Crippen molar-refractivity contribution in [3.05, 3.63) is 0 Å². The molecule has 3 aliphatic rings. The van der Waals surface area contributed by atoms with Crippen LogP contribution in [-0.2, 0) is 33.2 Å². The molecule has 3 saturated heterocycles. The molecule has 0 saturated carbocycles. The molecule has 1 amide bonds. The highest BCUT2D eigenvalue weighted by Gasteiger charge is 2.52. The highest BCUT2D eigenvalue weighted by atomic mass is 16.8. The second kappa shape index (κ2) is 13.3. The summed E-state index contributed by atoms with van der Waals surface area (Å²) in [5, 5.41) is 74.4. The van der Waals surface area contributed by atoms with Crippen molar-refractivity contribution < 1.29 is 69.0 Å². The highest BCUT2D eigenvalue weighted by Crippen LogP contribution is 2.31. The number of carbonyl (C=O) groups excluding carboxylic acids is 1. The van der Waals surface area contributed by atoms with Gasteiger partial charge in [0.05, 0.1) is 25.4 Å². The van der Waals surface area contributed by atoms with Gasteiger partial charge in [-0.05, 0) is 13.3 Å². The van der Waals surface area contributed by atoms with Gasteiger partial charge in [0.2, 0.25) is 5.91 Å². The van der Waals surface area contributed by atoms with Crippen molar-refractivity contribution in [2.75, 3.05) is 20.3 Å². The van der Waals surface area contributed by atoms with E-state index in [0.717, 1.165) is 0 Å². The average Bonchev–Trinajstić information content (AvgIpc) is 2.87. The number of hydrogen-bond acceptors (Lipinski definition) is 14. The third kappa shape index (κ3) is 6.75. The van der Waals surface area contributed by atoms with Crippen LogP contribution in [0, 0.1) is 0 Å². The van der Waals surface area contributed by atoms with Crippen molar-refractivity contribution in [2.45, 2.75) is 113 Å². The minimum absolute atomic E-state index is 0.186. The van der Waals surface area contributed by atoms with Crippen molar-refractivity contribution in [3.63, 3.8) is 0 Å². The molecule has 3 aliphatic heterocycles. The van der Waals surface area contributed by atoms with Crippen molar-refractivity contribution >= 4 is 5.91 Å². The molecule has 15 nitrogen and oxygen atoms in total. The van der Waals surface area contributed by atoms with Crippen molar-refractivity contribution in [1.82, 2.24) is 5.32 Å². The van der Waals surface area contributed by atoms with E-state index in [9.17, 15) is 40.5 Å². The summed E-state index contributed by atoms with van der Waals surface area (Å²) < 4.78 is 33.1. The van der Waals surface area contributed by atoms with Gasteiger partial charge in [0.15, 0.2) is 18.9 Å². The summed E-state index contributed by atoms with van der Waals surface area (Å²) in [6.07, 6.45) is -17.2. The van der Waals surface area contributed by atoms with Crippen LogP contribution in [0.4, 0.5) is 0 Å². The van der Waals surface area contributed by atoms with Crippen LogP contribution in [0.3, 0.4) is 0 Å². The molecule has 3 rings (SSSR count). The van der Waals surface area contributed by atoms with E-state index in [2.05, 4.69) is 5.32 Å². The van der Waals surface area contributed by atoms with Crippen LogP contribution in [-0.4, -0.2) is 148 Å². The van der Waals surface area contributed by atoms with E-state index in [1.165, 1.54) is 14.0 Å². The number of aliphatic hydroxyl groups excluding tert-OH is 7. The Hall–Kier alpha value is -1.05. The van der Waals surface area contributed by atoms with Gasteiger partial charge in [-0.2, -0.15) is 0 Å². The molecule has 216 valence electrons. The third-order valence-electron chi connectivity index (χ3n) is 6.71. The Bertz CT molecular complexity index is 731. The van der Waals surface area contributed by atoms with E-state index in [-0.39, 0.29) is 18.9 Å². The normalized spacial score (nSPS) is 47.0. The summed E-state index contributed by atoms with van der Waals surface area (Å²) in [5.41, 5.74) is 0. The zero-order chi connectivity index (χ0) is 27.4. The number of rotatable bonds is 9. The van der Waals surface area contributed by atoms with Gasteiger partial charge in [0.25, 0.3) is 0 Å². The van der Waals surface area contributed by atoms with E-state index in [1.807, 2.05) is 6.92 Å². The molecule has 0 aromatic carbocycles. The molecular formula is C22H39NO14.